The molecule has 112 valence electrons. The molecule has 21 heavy (non-hydrogen) atoms. The quantitative estimate of drug-likeness (QED) is 0.779. The smallest absolute Gasteiger partial charge is 0.203 e. The van der Waals surface area contributed by atoms with Gasteiger partial charge in [-0.2, -0.15) is 5.10 Å². The van der Waals surface area contributed by atoms with Gasteiger partial charge in [-0.3, -0.25) is 4.99 Å². The SMILES string of the molecule is Cn1nc(-c2ccc(Cl)cc2Cl)s/c1=N\C1CCCCC1. The molecule has 1 aliphatic carbocycles. The van der Waals surface area contributed by atoms with Crippen molar-refractivity contribution in [3.05, 3.63) is 33.0 Å². The number of halogens is 2. The van der Waals surface area contributed by atoms with Crippen molar-refractivity contribution >= 4 is 34.5 Å². The number of aryl methyl sites for hydroxylation is 1. The van der Waals surface area contributed by atoms with E-state index in [1.807, 2.05) is 23.9 Å². The summed E-state index contributed by atoms with van der Waals surface area (Å²) in [5.74, 6) is 0. The van der Waals surface area contributed by atoms with Crippen molar-refractivity contribution < 1.29 is 0 Å². The van der Waals surface area contributed by atoms with Gasteiger partial charge in [0.15, 0.2) is 0 Å². The highest BCUT2D eigenvalue weighted by Gasteiger charge is 2.14. The summed E-state index contributed by atoms with van der Waals surface area (Å²) in [5.41, 5.74) is 0.909. The van der Waals surface area contributed by atoms with Crippen LogP contribution in [0.2, 0.25) is 10.0 Å². The molecular weight excluding hydrogens is 325 g/mol. The molecule has 0 saturated heterocycles. The Hall–Kier alpha value is -0.840. The van der Waals surface area contributed by atoms with Crippen LogP contribution in [0.15, 0.2) is 23.2 Å². The molecule has 0 atom stereocenters. The molecule has 2 aromatic rings. The summed E-state index contributed by atoms with van der Waals surface area (Å²) < 4.78 is 1.85. The number of rotatable bonds is 2. The summed E-state index contributed by atoms with van der Waals surface area (Å²) in [5, 5.41) is 6.70. The largest absolute Gasteiger partial charge is 0.254 e. The third-order valence-electron chi connectivity index (χ3n) is 3.73. The van der Waals surface area contributed by atoms with Crippen molar-refractivity contribution in [2.24, 2.45) is 12.0 Å². The number of benzene rings is 1. The number of aromatic nitrogens is 2. The van der Waals surface area contributed by atoms with Crippen LogP contribution in [0.3, 0.4) is 0 Å². The van der Waals surface area contributed by atoms with Crippen LogP contribution in [0, 0.1) is 0 Å². The molecule has 1 heterocycles. The number of nitrogens with zero attached hydrogens (tertiary/aromatic N) is 3. The fourth-order valence-corrected chi connectivity index (χ4v) is 4.15. The van der Waals surface area contributed by atoms with Crippen LogP contribution in [0.5, 0.6) is 0 Å². The molecule has 6 heteroatoms. The highest BCUT2D eigenvalue weighted by Crippen LogP contribution is 2.30. The van der Waals surface area contributed by atoms with Crippen LogP contribution in [0.4, 0.5) is 0 Å². The van der Waals surface area contributed by atoms with Gasteiger partial charge in [-0.05, 0) is 31.0 Å². The average Bonchev–Trinajstić information content (AvgIpc) is 2.81. The van der Waals surface area contributed by atoms with E-state index in [-0.39, 0.29) is 0 Å². The summed E-state index contributed by atoms with van der Waals surface area (Å²) in [4.78, 5) is 5.82. The van der Waals surface area contributed by atoms with E-state index in [1.165, 1.54) is 32.1 Å². The highest BCUT2D eigenvalue weighted by atomic mass is 35.5. The molecular formula is C15H17Cl2N3S. The van der Waals surface area contributed by atoms with Gasteiger partial charge in [0.05, 0.1) is 11.1 Å². The van der Waals surface area contributed by atoms with Gasteiger partial charge in [0.1, 0.15) is 5.01 Å². The average molecular weight is 342 g/mol. The Labute approximate surface area is 138 Å². The van der Waals surface area contributed by atoms with E-state index >= 15 is 0 Å². The van der Waals surface area contributed by atoms with E-state index in [0.29, 0.717) is 16.1 Å². The molecule has 0 spiro atoms. The molecule has 3 nitrogen and oxygen atoms in total. The third kappa shape index (κ3) is 3.50. The Morgan fingerprint density at radius 1 is 1.24 bits per heavy atom. The normalized spacial score (nSPS) is 17.4. The van der Waals surface area contributed by atoms with Crippen molar-refractivity contribution in [2.75, 3.05) is 0 Å². The summed E-state index contributed by atoms with van der Waals surface area (Å²) >= 11 is 13.8. The molecule has 1 aliphatic rings. The zero-order chi connectivity index (χ0) is 14.8. The van der Waals surface area contributed by atoms with Crippen LogP contribution >= 0.6 is 34.5 Å². The highest BCUT2D eigenvalue weighted by molar-refractivity contribution is 7.12. The van der Waals surface area contributed by atoms with Gasteiger partial charge in [0.25, 0.3) is 0 Å². The number of hydrogen-bond donors (Lipinski definition) is 0. The van der Waals surface area contributed by atoms with Gasteiger partial charge < -0.3 is 0 Å². The second kappa shape index (κ2) is 6.51. The van der Waals surface area contributed by atoms with Crippen molar-refractivity contribution in [2.45, 2.75) is 38.1 Å². The van der Waals surface area contributed by atoms with Crippen molar-refractivity contribution in [3.63, 3.8) is 0 Å². The Balaban J connectivity index is 1.95. The zero-order valence-corrected chi connectivity index (χ0v) is 14.2. The molecule has 0 bridgehead atoms. The maximum Gasteiger partial charge on any atom is 0.203 e. The summed E-state index contributed by atoms with van der Waals surface area (Å²) in [7, 11) is 1.94. The first-order chi connectivity index (χ1) is 10.1. The topological polar surface area (TPSA) is 30.2 Å². The molecule has 0 radical (unpaired) electrons. The second-order valence-corrected chi connectivity index (χ2v) is 7.16. The van der Waals surface area contributed by atoms with Crippen LogP contribution in [-0.4, -0.2) is 15.8 Å². The van der Waals surface area contributed by atoms with Gasteiger partial charge in [0, 0.05) is 17.6 Å². The van der Waals surface area contributed by atoms with Crippen LogP contribution in [0.25, 0.3) is 10.6 Å². The Morgan fingerprint density at radius 2 is 2.00 bits per heavy atom. The standard InChI is InChI=1S/C15H17Cl2N3S/c1-20-15(18-11-5-3-2-4-6-11)21-14(19-20)12-8-7-10(16)9-13(12)17/h7-9,11H,2-6H2,1H3/b18-15-. The molecule has 0 aliphatic heterocycles. The maximum absolute atomic E-state index is 6.26. The monoisotopic (exact) mass is 341 g/mol. The first-order valence-corrected chi connectivity index (χ1v) is 8.74. The molecule has 0 unspecified atom stereocenters. The van der Waals surface area contributed by atoms with Gasteiger partial charge in [0.2, 0.25) is 4.80 Å². The minimum absolute atomic E-state index is 0.443. The lowest BCUT2D eigenvalue weighted by Gasteiger charge is -2.16. The number of hydrogen-bond acceptors (Lipinski definition) is 3. The molecule has 1 aromatic carbocycles. The maximum atomic E-state index is 6.26. The lowest BCUT2D eigenvalue weighted by atomic mass is 9.96. The fourth-order valence-electron chi connectivity index (χ4n) is 2.60. The second-order valence-electron chi connectivity index (χ2n) is 5.36. The Kier molecular flexibility index (Phi) is 4.67. The van der Waals surface area contributed by atoms with E-state index < -0.39 is 0 Å². The van der Waals surface area contributed by atoms with Crippen molar-refractivity contribution in [1.82, 2.24) is 9.78 Å². The molecule has 1 saturated carbocycles. The van der Waals surface area contributed by atoms with Crippen LogP contribution < -0.4 is 4.80 Å². The predicted octanol–water partition coefficient (Wildman–Crippen LogP) is 4.69. The van der Waals surface area contributed by atoms with Gasteiger partial charge >= 0.3 is 0 Å². The lowest BCUT2D eigenvalue weighted by Crippen LogP contribution is -2.18. The molecule has 1 fully saturated rings. The van der Waals surface area contributed by atoms with Gasteiger partial charge in [-0.15, -0.1) is 0 Å². The molecule has 1 aromatic heterocycles. The van der Waals surface area contributed by atoms with E-state index in [4.69, 9.17) is 28.2 Å². The van der Waals surface area contributed by atoms with E-state index in [9.17, 15) is 0 Å². The zero-order valence-electron chi connectivity index (χ0n) is 11.9. The first kappa shape index (κ1) is 15.1. The Morgan fingerprint density at radius 3 is 2.71 bits per heavy atom. The summed E-state index contributed by atoms with van der Waals surface area (Å²) in [6.45, 7) is 0. The van der Waals surface area contributed by atoms with E-state index in [2.05, 4.69) is 5.10 Å². The van der Waals surface area contributed by atoms with Crippen LogP contribution in [-0.2, 0) is 7.05 Å². The predicted molar refractivity (Wildman–Crippen MR) is 89.0 cm³/mol. The lowest BCUT2D eigenvalue weighted by molar-refractivity contribution is 0.434. The summed E-state index contributed by atoms with van der Waals surface area (Å²) in [6.07, 6.45) is 6.29. The first-order valence-electron chi connectivity index (χ1n) is 7.17. The minimum Gasteiger partial charge on any atom is -0.254 e. The van der Waals surface area contributed by atoms with E-state index in [0.717, 1.165) is 15.4 Å². The Bertz CT molecular complexity index is 699. The molecule has 3 rings (SSSR count). The third-order valence-corrected chi connectivity index (χ3v) is 5.33. The van der Waals surface area contributed by atoms with Crippen LogP contribution in [0.1, 0.15) is 32.1 Å². The molecule has 0 N–H and O–H groups in total. The van der Waals surface area contributed by atoms with Crippen molar-refractivity contribution in [1.29, 1.82) is 0 Å². The van der Waals surface area contributed by atoms with Gasteiger partial charge in [-0.25, -0.2) is 4.68 Å². The minimum atomic E-state index is 0.443. The van der Waals surface area contributed by atoms with Gasteiger partial charge in [-0.1, -0.05) is 53.8 Å². The summed E-state index contributed by atoms with van der Waals surface area (Å²) in [6, 6.07) is 5.94. The molecule has 0 amide bonds. The van der Waals surface area contributed by atoms with Crippen molar-refractivity contribution in [3.8, 4) is 10.6 Å². The van der Waals surface area contributed by atoms with E-state index in [1.54, 1.807) is 17.4 Å². The fraction of sp³-hybridized carbons (Fsp3) is 0.467.